The van der Waals surface area contributed by atoms with E-state index in [1.807, 2.05) is 0 Å². The van der Waals surface area contributed by atoms with Crippen LogP contribution in [0.15, 0.2) is 30.5 Å². The number of nitrogens with one attached hydrogen (secondary N) is 1. The number of carbonyl (C=O) groups is 2. The predicted molar refractivity (Wildman–Crippen MR) is 113 cm³/mol. The van der Waals surface area contributed by atoms with Crippen LogP contribution in [0.25, 0.3) is 0 Å². The monoisotopic (exact) mass is 464 g/mol. The van der Waals surface area contributed by atoms with Crippen molar-refractivity contribution >= 4 is 21.8 Å². The van der Waals surface area contributed by atoms with Gasteiger partial charge in [0, 0.05) is 6.20 Å². The summed E-state index contributed by atoms with van der Waals surface area (Å²) in [6, 6.07) is 5.57. The van der Waals surface area contributed by atoms with Gasteiger partial charge in [0.15, 0.2) is 21.4 Å². The average molecular weight is 465 g/mol. The van der Waals surface area contributed by atoms with E-state index in [9.17, 15) is 22.4 Å². The van der Waals surface area contributed by atoms with Gasteiger partial charge < -0.3 is 9.64 Å². The maximum Gasteiger partial charge on any atom is 0.324 e. The molecule has 1 N–H and O–H groups in total. The van der Waals surface area contributed by atoms with Crippen molar-refractivity contribution in [3.8, 4) is 5.75 Å². The highest BCUT2D eigenvalue weighted by Gasteiger charge is 2.27. The first-order chi connectivity index (χ1) is 15.2. The standard InChI is InChI=1S/C21H25FN4O5S/c1-14(16-4-5-18(22)19(8-16)31-11-15-2-3-15)12-32(29,30)13-26-7-6-17(24-26)9-25-10-20(27)23-21(25)28/h4-8,14-15H,2-3,9-13H2,1H3,(H,23,27,28)/t14-/m0/s1. The Bertz CT molecular complexity index is 1130. The van der Waals surface area contributed by atoms with Gasteiger partial charge in [-0.3, -0.25) is 14.8 Å². The van der Waals surface area contributed by atoms with Gasteiger partial charge in [0.1, 0.15) is 12.4 Å². The molecule has 0 unspecified atom stereocenters. The van der Waals surface area contributed by atoms with E-state index in [0.717, 1.165) is 12.8 Å². The molecule has 1 aliphatic heterocycles. The van der Waals surface area contributed by atoms with Crippen molar-refractivity contribution in [3.05, 3.63) is 47.5 Å². The van der Waals surface area contributed by atoms with E-state index in [1.165, 1.54) is 21.8 Å². The lowest BCUT2D eigenvalue weighted by Gasteiger charge is -2.15. The quantitative estimate of drug-likeness (QED) is 0.539. The Labute approximate surface area is 185 Å². The van der Waals surface area contributed by atoms with Crippen LogP contribution in [0, 0.1) is 11.7 Å². The molecule has 1 aromatic heterocycles. The molecule has 1 saturated carbocycles. The Balaban J connectivity index is 1.36. The Morgan fingerprint density at radius 3 is 2.75 bits per heavy atom. The van der Waals surface area contributed by atoms with Gasteiger partial charge in [-0.1, -0.05) is 13.0 Å². The Kier molecular flexibility index (Phi) is 6.18. The van der Waals surface area contributed by atoms with E-state index in [4.69, 9.17) is 4.74 Å². The highest BCUT2D eigenvalue weighted by Crippen LogP contribution is 2.31. The molecular weight excluding hydrogens is 439 g/mol. The first kappa shape index (κ1) is 22.3. The minimum atomic E-state index is -3.54. The van der Waals surface area contributed by atoms with Crippen LogP contribution in [0.1, 0.15) is 36.9 Å². The number of sulfone groups is 1. The van der Waals surface area contributed by atoms with Gasteiger partial charge in [-0.15, -0.1) is 0 Å². The van der Waals surface area contributed by atoms with Gasteiger partial charge in [-0.25, -0.2) is 17.6 Å². The van der Waals surface area contributed by atoms with Crippen LogP contribution >= 0.6 is 0 Å². The van der Waals surface area contributed by atoms with E-state index in [2.05, 4.69) is 10.4 Å². The second kappa shape index (κ2) is 8.89. The summed E-state index contributed by atoms with van der Waals surface area (Å²) in [6.07, 6.45) is 3.71. The normalized spacial score (nSPS) is 17.5. The summed E-state index contributed by atoms with van der Waals surface area (Å²) in [6.45, 7) is 2.31. The van der Waals surface area contributed by atoms with Crippen molar-refractivity contribution in [2.24, 2.45) is 5.92 Å². The summed E-state index contributed by atoms with van der Waals surface area (Å²) in [5.74, 6) is -1.03. The number of carbonyl (C=O) groups excluding carboxylic acids is 2. The fraction of sp³-hybridized carbons (Fsp3) is 0.476. The number of rotatable bonds is 10. The molecule has 1 aliphatic carbocycles. The molecule has 172 valence electrons. The Morgan fingerprint density at radius 1 is 1.28 bits per heavy atom. The molecule has 2 heterocycles. The summed E-state index contributed by atoms with van der Waals surface area (Å²) in [5, 5.41) is 6.38. The van der Waals surface area contributed by atoms with Gasteiger partial charge in [0.05, 0.1) is 24.6 Å². The largest absolute Gasteiger partial charge is 0.490 e. The van der Waals surface area contributed by atoms with Gasteiger partial charge in [0.25, 0.3) is 0 Å². The molecule has 2 fully saturated rings. The van der Waals surface area contributed by atoms with E-state index in [0.29, 0.717) is 23.8 Å². The van der Waals surface area contributed by atoms with Crippen molar-refractivity contribution in [1.29, 1.82) is 0 Å². The molecule has 2 aliphatic rings. The second-order valence-electron chi connectivity index (χ2n) is 8.44. The van der Waals surface area contributed by atoms with Crippen LogP contribution in [-0.2, 0) is 27.1 Å². The number of halogens is 1. The van der Waals surface area contributed by atoms with Crippen molar-refractivity contribution in [1.82, 2.24) is 20.0 Å². The fourth-order valence-corrected chi connectivity index (χ4v) is 5.13. The second-order valence-corrected chi connectivity index (χ2v) is 10.5. The zero-order chi connectivity index (χ0) is 22.9. The van der Waals surface area contributed by atoms with Gasteiger partial charge in [-0.2, -0.15) is 5.10 Å². The highest BCUT2D eigenvalue weighted by molar-refractivity contribution is 7.90. The smallest absolute Gasteiger partial charge is 0.324 e. The number of hydrogen-bond acceptors (Lipinski definition) is 6. The molecular formula is C21H25FN4O5S. The Morgan fingerprint density at radius 2 is 2.06 bits per heavy atom. The minimum absolute atomic E-state index is 0.0501. The van der Waals surface area contributed by atoms with Crippen molar-refractivity contribution in [2.75, 3.05) is 18.9 Å². The van der Waals surface area contributed by atoms with E-state index >= 15 is 0 Å². The number of hydrogen-bond donors (Lipinski definition) is 1. The fourth-order valence-electron chi connectivity index (χ4n) is 3.53. The molecule has 4 rings (SSSR count). The number of nitrogens with zero attached hydrogens (tertiary/aromatic N) is 3. The summed E-state index contributed by atoms with van der Waals surface area (Å²) in [5.41, 5.74) is 1.17. The summed E-state index contributed by atoms with van der Waals surface area (Å²) in [4.78, 5) is 24.2. The molecule has 2 aromatic rings. The number of ether oxygens (including phenoxy) is 1. The lowest BCUT2D eigenvalue weighted by atomic mass is 10.0. The molecule has 0 bridgehead atoms. The third-order valence-corrected chi connectivity index (χ3v) is 7.11. The number of aromatic nitrogens is 2. The van der Waals surface area contributed by atoms with Crippen LogP contribution in [0.4, 0.5) is 9.18 Å². The van der Waals surface area contributed by atoms with Crippen LogP contribution in [0.5, 0.6) is 5.75 Å². The molecule has 3 amide bonds. The number of amides is 3. The summed E-state index contributed by atoms with van der Waals surface area (Å²) in [7, 11) is -3.54. The van der Waals surface area contributed by atoms with E-state index in [1.54, 1.807) is 25.1 Å². The van der Waals surface area contributed by atoms with Gasteiger partial charge >= 0.3 is 6.03 Å². The van der Waals surface area contributed by atoms with Crippen LogP contribution < -0.4 is 10.1 Å². The maximum atomic E-state index is 14.0. The number of urea groups is 1. The van der Waals surface area contributed by atoms with E-state index < -0.39 is 21.7 Å². The van der Waals surface area contributed by atoms with Crippen molar-refractivity contribution in [2.45, 2.75) is 38.1 Å². The van der Waals surface area contributed by atoms with Crippen LogP contribution in [-0.4, -0.2) is 53.9 Å². The van der Waals surface area contributed by atoms with Crippen molar-refractivity contribution in [3.63, 3.8) is 0 Å². The molecule has 9 nitrogen and oxygen atoms in total. The van der Waals surface area contributed by atoms with Crippen LogP contribution in [0.2, 0.25) is 0 Å². The summed E-state index contributed by atoms with van der Waals surface area (Å²) < 4.78 is 46.3. The number of benzene rings is 1. The first-order valence-corrected chi connectivity index (χ1v) is 12.2. The third kappa shape index (κ3) is 5.64. The van der Waals surface area contributed by atoms with Crippen molar-refractivity contribution < 1.29 is 27.1 Å². The molecule has 0 radical (unpaired) electrons. The third-order valence-electron chi connectivity index (χ3n) is 5.45. The SMILES string of the molecule is C[C@@H](CS(=O)(=O)Cn1ccc(CN2CC(=O)NC2=O)n1)c1ccc(F)c(OCC2CC2)c1. The maximum absolute atomic E-state index is 14.0. The molecule has 32 heavy (non-hydrogen) atoms. The zero-order valence-corrected chi connectivity index (χ0v) is 18.5. The zero-order valence-electron chi connectivity index (χ0n) is 17.7. The number of imide groups is 1. The lowest BCUT2D eigenvalue weighted by Crippen LogP contribution is -2.28. The Hall–Kier alpha value is -2.95. The van der Waals surface area contributed by atoms with Gasteiger partial charge in [-0.05, 0) is 48.4 Å². The molecule has 0 spiro atoms. The van der Waals surface area contributed by atoms with E-state index in [-0.39, 0.29) is 42.3 Å². The van der Waals surface area contributed by atoms with Gasteiger partial charge in [0.2, 0.25) is 5.91 Å². The topological polar surface area (TPSA) is 111 Å². The lowest BCUT2D eigenvalue weighted by molar-refractivity contribution is -0.118. The molecule has 1 atom stereocenters. The average Bonchev–Trinajstić information content (AvgIpc) is 3.36. The highest BCUT2D eigenvalue weighted by atomic mass is 32.2. The predicted octanol–water partition coefficient (Wildman–Crippen LogP) is 2.04. The first-order valence-electron chi connectivity index (χ1n) is 10.4. The van der Waals surface area contributed by atoms with Crippen LogP contribution in [0.3, 0.4) is 0 Å². The molecule has 11 heteroatoms. The summed E-state index contributed by atoms with van der Waals surface area (Å²) >= 11 is 0. The minimum Gasteiger partial charge on any atom is -0.490 e. The molecule has 1 saturated heterocycles. The molecule has 1 aromatic carbocycles.